The Bertz CT molecular complexity index is 372. The molecule has 0 radical (unpaired) electrons. The van der Waals surface area contributed by atoms with Gasteiger partial charge in [-0.15, -0.1) is 0 Å². The van der Waals surface area contributed by atoms with Crippen LogP contribution in [0, 0.1) is 3.57 Å². The largest absolute Gasteiger partial charge is 0.504 e. The lowest BCUT2D eigenvalue weighted by Crippen LogP contribution is -2.27. The van der Waals surface area contributed by atoms with Crippen molar-refractivity contribution < 1.29 is 20.1 Å². The van der Waals surface area contributed by atoms with Crippen LogP contribution in [-0.2, 0) is 0 Å². The van der Waals surface area contributed by atoms with Gasteiger partial charge in [-0.3, -0.25) is 0 Å². The van der Waals surface area contributed by atoms with E-state index in [1.165, 1.54) is 13.2 Å². The van der Waals surface area contributed by atoms with Gasteiger partial charge in [0.25, 0.3) is 0 Å². The second-order valence-electron chi connectivity index (χ2n) is 3.30. The molecule has 0 fully saturated rings. The number of aromatic hydroxyl groups is 1. The van der Waals surface area contributed by atoms with E-state index in [0.717, 1.165) is 0 Å². The Morgan fingerprint density at radius 3 is 2.56 bits per heavy atom. The molecule has 0 spiro atoms. The summed E-state index contributed by atoms with van der Waals surface area (Å²) >= 11 is 1.91. The third-order valence-electron chi connectivity index (χ3n) is 2.22. The maximum absolute atomic E-state index is 9.75. The molecule has 6 heteroatoms. The number of phenolic OH excluding ortho intramolecular Hbond substituents is 1. The lowest BCUT2D eigenvalue weighted by atomic mass is 10.0. The maximum atomic E-state index is 9.75. The van der Waals surface area contributed by atoms with E-state index < -0.39 is 12.2 Å². The number of nitrogens with two attached hydrogens (primary N) is 1. The summed E-state index contributed by atoms with van der Waals surface area (Å²) in [6.07, 6.45) is -2.13. The van der Waals surface area contributed by atoms with Gasteiger partial charge in [0, 0.05) is 6.54 Å². The van der Waals surface area contributed by atoms with E-state index in [9.17, 15) is 15.3 Å². The molecule has 16 heavy (non-hydrogen) atoms. The number of benzene rings is 1. The van der Waals surface area contributed by atoms with Gasteiger partial charge in [-0.2, -0.15) is 0 Å². The summed E-state index contributed by atoms with van der Waals surface area (Å²) in [5, 5.41) is 28.8. The molecule has 0 saturated carbocycles. The summed E-state index contributed by atoms with van der Waals surface area (Å²) in [7, 11) is 1.42. The predicted octanol–water partition coefficient (Wildman–Crippen LogP) is 0.358. The molecule has 0 bridgehead atoms. The minimum absolute atomic E-state index is 0.0151. The summed E-state index contributed by atoms with van der Waals surface area (Å²) in [4.78, 5) is 0. The van der Waals surface area contributed by atoms with Gasteiger partial charge in [-0.1, -0.05) is 0 Å². The third kappa shape index (κ3) is 2.76. The highest BCUT2D eigenvalue weighted by Gasteiger charge is 2.19. The third-order valence-corrected chi connectivity index (χ3v) is 3.04. The van der Waals surface area contributed by atoms with E-state index in [2.05, 4.69) is 0 Å². The number of aliphatic hydroxyl groups excluding tert-OH is 2. The first-order valence-corrected chi connectivity index (χ1v) is 5.71. The number of phenols is 1. The zero-order valence-corrected chi connectivity index (χ0v) is 10.9. The van der Waals surface area contributed by atoms with Gasteiger partial charge in [0.1, 0.15) is 6.10 Å². The number of halogens is 1. The predicted molar refractivity (Wildman–Crippen MR) is 67.4 cm³/mol. The molecule has 1 aromatic rings. The normalized spacial score (nSPS) is 14.6. The van der Waals surface area contributed by atoms with E-state index >= 15 is 0 Å². The minimum Gasteiger partial charge on any atom is -0.504 e. The van der Waals surface area contributed by atoms with E-state index in [1.54, 1.807) is 6.07 Å². The Kier molecular flexibility index (Phi) is 4.78. The number of hydrogen-bond acceptors (Lipinski definition) is 5. The van der Waals surface area contributed by atoms with Crippen molar-refractivity contribution >= 4 is 22.6 Å². The molecule has 1 aromatic carbocycles. The summed E-state index contributed by atoms with van der Waals surface area (Å²) in [6, 6.07) is 3.04. The Balaban J connectivity index is 3.10. The van der Waals surface area contributed by atoms with Crippen molar-refractivity contribution in [2.75, 3.05) is 13.7 Å². The van der Waals surface area contributed by atoms with Crippen LogP contribution < -0.4 is 10.5 Å². The van der Waals surface area contributed by atoms with Crippen molar-refractivity contribution in [3.05, 3.63) is 21.3 Å². The molecule has 0 aliphatic rings. The van der Waals surface area contributed by atoms with Crippen LogP contribution in [0.15, 0.2) is 12.1 Å². The van der Waals surface area contributed by atoms with Gasteiger partial charge < -0.3 is 25.8 Å². The van der Waals surface area contributed by atoms with Crippen molar-refractivity contribution in [1.82, 2.24) is 0 Å². The van der Waals surface area contributed by atoms with Gasteiger partial charge in [0.2, 0.25) is 0 Å². The smallest absolute Gasteiger partial charge is 0.171 e. The standard InChI is InChI=1S/C10H14INO4/c1-16-8-3-5(2-6(11)10(8)15)9(14)7(13)4-12/h2-3,7,9,13-15H,4,12H2,1H3. The number of methoxy groups -OCH3 is 1. The highest BCUT2D eigenvalue weighted by atomic mass is 127. The molecule has 1 rings (SSSR count). The Morgan fingerprint density at radius 2 is 2.06 bits per heavy atom. The van der Waals surface area contributed by atoms with E-state index in [1.807, 2.05) is 22.6 Å². The summed E-state index contributed by atoms with van der Waals surface area (Å²) < 4.78 is 5.49. The van der Waals surface area contributed by atoms with Crippen molar-refractivity contribution in [1.29, 1.82) is 0 Å². The molecule has 90 valence electrons. The van der Waals surface area contributed by atoms with Crippen molar-refractivity contribution in [3.63, 3.8) is 0 Å². The Hall–Kier alpha value is -0.570. The van der Waals surface area contributed by atoms with Crippen LogP contribution in [0.1, 0.15) is 11.7 Å². The molecule has 0 aliphatic carbocycles. The van der Waals surface area contributed by atoms with Crippen molar-refractivity contribution in [2.24, 2.45) is 5.73 Å². The number of rotatable bonds is 4. The van der Waals surface area contributed by atoms with Crippen LogP contribution >= 0.6 is 22.6 Å². The van der Waals surface area contributed by atoms with Crippen LogP contribution in [0.25, 0.3) is 0 Å². The van der Waals surface area contributed by atoms with Crippen LogP contribution in [0.3, 0.4) is 0 Å². The highest BCUT2D eigenvalue weighted by Crippen LogP contribution is 2.34. The second kappa shape index (κ2) is 5.67. The second-order valence-corrected chi connectivity index (χ2v) is 4.46. The molecule has 0 aliphatic heterocycles. The van der Waals surface area contributed by atoms with E-state index in [-0.39, 0.29) is 18.0 Å². The fourth-order valence-corrected chi connectivity index (χ4v) is 1.90. The van der Waals surface area contributed by atoms with Crippen LogP contribution in [0.2, 0.25) is 0 Å². The first-order chi connectivity index (χ1) is 7.51. The zero-order valence-electron chi connectivity index (χ0n) is 8.72. The molecule has 0 amide bonds. The summed E-state index contributed by atoms with van der Waals surface area (Å²) in [5.41, 5.74) is 5.71. The SMILES string of the molecule is COc1cc(C(O)C(O)CN)cc(I)c1O. The summed E-state index contributed by atoms with van der Waals surface area (Å²) in [5.74, 6) is 0.270. The number of hydrogen-bond donors (Lipinski definition) is 4. The first kappa shape index (κ1) is 13.5. The van der Waals surface area contributed by atoms with Crippen LogP contribution in [-0.4, -0.2) is 35.1 Å². The molecule has 0 heterocycles. The average Bonchev–Trinajstić information content (AvgIpc) is 2.30. The monoisotopic (exact) mass is 339 g/mol. The molecule has 2 atom stereocenters. The zero-order chi connectivity index (χ0) is 12.3. The van der Waals surface area contributed by atoms with E-state index in [0.29, 0.717) is 9.13 Å². The number of ether oxygens (including phenoxy) is 1. The van der Waals surface area contributed by atoms with Crippen molar-refractivity contribution in [2.45, 2.75) is 12.2 Å². The van der Waals surface area contributed by atoms with Crippen LogP contribution in [0.5, 0.6) is 11.5 Å². The highest BCUT2D eigenvalue weighted by molar-refractivity contribution is 14.1. The molecule has 5 N–H and O–H groups in total. The lowest BCUT2D eigenvalue weighted by molar-refractivity contribution is 0.0241. The van der Waals surface area contributed by atoms with Gasteiger partial charge in [-0.25, -0.2) is 0 Å². The maximum Gasteiger partial charge on any atom is 0.171 e. The van der Waals surface area contributed by atoms with Gasteiger partial charge >= 0.3 is 0 Å². The Labute approximate surface area is 107 Å². The fourth-order valence-electron chi connectivity index (χ4n) is 1.27. The van der Waals surface area contributed by atoms with Gasteiger partial charge in [0.05, 0.1) is 16.8 Å². The molecule has 0 saturated heterocycles. The lowest BCUT2D eigenvalue weighted by Gasteiger charge is -2.18. The molecular formula is C10H14INO4. The van der Waals surface area contributed by atoms with Gasteiger partial charge in [-0.05, 0) is 40.3 Å². The molecule has 2 unspecified atom stereocenters. The molecule has 0 aromatic heterocycles. The topological polar surface area (TPSA) is 95.9 Å². The van der Waals surface area contributed by atoms with Gasteiger partial charge in [0.15, 0.2) is 11.5 Å². The molecular weight excluding hydrogens is 325 g/mol. The number of aliphatic hydroxyl groups is 2. The quantitative estimate of drug-likeness (QED) is 0.594. The summed E-state index contributed by atoms with van der Waals surface area (Å²) in [6.45, 7) is -0.0407. The first-order valence-electron chi connectivity index (χ1n) is 4.63. The van der Waals surface area contributed by atoms with Crippen molar-refractivity contribution in [3.8, 4) is 11.5 Å². The van der Waals surface area contributed by atoms with Crippen LogP contribution in [0.4, 0.5) is 0 Å². The fraction of sp³-hybridized carbons (Fsp3) is 0.400. The van der Waals surface area contributed by atoms with E-state index in [4.69, 9.17) is 10.5 Å². The molecule has 5 nitrogen and oxygen atoms in total. The minimum atomic E-state index is -1.09. The Morgan fingerprint density at radius 1 is 1.44 bits per heavy atom. The average molecular weight is 339 g/mol.